The van der Waals surface area contributed by atoms with E-state index in [-0.39, 0.29) is 24.3 Å². The molecule has 0 aliphatic heterocycles. The van der Waals surface area contributed by atoms with Crippen molar-refractivity contribution in [1.29, 1.82) is 0 Å². The quantitative estimate of drug-likeness (QED) is 0.445. The molecule has 2 aromatic carbocycles. The summed E-state index contributed by atoms with van der Waals surface area (Å²) in [6, 6.07) is 18.1. The van der Waals surface area contributed by atoms with E-state index in [0.717, 1.165) is 18.7 Å². The molecule has 0 saturated carbocycles. The fourth-order valence-corrected chi connectivity index (χ4v) is 2.96. The van der Waals surface area contributed by atoms with Gasteiger partial charge in [0.05, 0.1) is 13.2 Å². The van der Waals surface area contributed by atoms with Crippen LogP contribution in [0.1, 0.15) is 49.2 Å². The molecule has 0 heterocycles. The predicted molar refractivity (Wildman–Crippen MR) is 104 cm³/mol. The van der Waals surface area contributed by atoms with Crippen LogP contribution in [0.3, 0.4) is 0 Å². The Hall–Kier alpha value is -1.88. The molecule has 2 atom stereocenters. The van der Waals surface area contributed by atoms with Gasteiger partial charge in [-0.25, -0.2) is 0 Å². The van der Waals surface area contributed by atoms with E-state index in [2.05, 4.69) is 36.5 Å². The molecule has 0 spiro atoms. The molecule has 0 aliphatic rings. The highest BCUT2D eigenvalue weighted by Gasteiger charge is 2.21. The van der Waals surface area contributed by atoms with Gasteiger partial charge in [0.2, 0.25) is 0 Å². The monoisotopic (exact) mass is 391 g/mol. The first-order chi connectivity index (χ1) is 12.6. The third-order valence-electron chi connectivity index (χ3n) is 4.35. The number of Topliss-reactive ketones (excluding diaryl/α,β-unsaturated/α-hetero) is 1. The van der Waals surface area contributed by atoms with E-state index in [0.29, 0.717) is 24.8 Å². The smallest absolute Gasteiger partial charge is 0.159 e. The zero-order valence-electron chi connectivity index (χ0n) is 16.4. The summed E-state index contributed by atoms with van der Waals surface area (Å²) in [5.74, 6) is 0.808. The maximum atomic E-state index is 11.4. The number of halogens is 1. The van der Waals surface area contributed by atoms with Crippen LogP contribution in [-0.4, -0.2) is 31.6 Å². The number of carbonyl (C=O) groups is 1. The predicted octanol–water partition coefficient (Wildman–Crippen LogP) is 0.392. The van der Waals surface area contributed by atoms with Gasteiger partial charge in [-0.1, -0.05) is 42.5 Å². The van der Waals surface area contributed by atoms with Gasteiger partial charge in [-0.15, -0.1) is 0 Å². The molecule has 27 heavy (non-hydrogen) atoms. The standard InChI is InChI=1S/C22H29NO3.ClH/c1-4-25-22(19-10-6-5-7-11-19)17(2)23-14-9-15-26-21-13-8-12-20(16-21)18(3)24;/h5-8,10-13,16-17,22-23H,4,9,14-15H2,1-3H3;1H. The van der Waals surface area contributed by atoms with Crippen LogP contribution in [0.15, 0.2) is 54.6 Å². The Morgan fingerprint density at radius 2 is 1.85 bits per heavy atom. The molecule has 0 bridgehead atoms. The summed E-state index contributed by atoms with van der Waals surface area (Å²) in [6.45, 7) is 8.10. The molecule has 2 aromatic rings. The Morgan fingerprint density at radius 1 is 1.11 bits per heavy atom. The first kappa shape index (κ1) is 23.2. The Labute approximate surface area is 168 Å². The Balaban J connectivity index is 0.00000364. The fraction of sp³-hybridized carbons (Fsp3) is 0.409. The lowest BCUT2D eigenvalue weighted by Gasteiger charge is -2.22. The van der Waals surface area contributed by atoms with Crippen molar-refractivity contribution in [2.45, 2.75) is 39.3 Å². The van der Waals surface area contributed by atoms with Crippen molar-refractivity contribution in [2.75, 3.05) is 19.8 Å². The van der Waals surface area contributed by atoms with E-state index in [1.807, 2.05) is 31.2 Å². The molecule has 0 amide bonds. The van der Waals surface area contributed by atoms with E-state index >= 15 is 0 Å². The van der Waals surface area contributed by atoms with Gasteiger partial charge in [0.15, 0.2) is 5.78 Å². The van der Waals surface area contributed by atoms with E-state index < -0.39 is 0 Å². The van der Waals surface area contributed by atoms with Crippen LogP contribution in [0, 0.1) is 0 Å². The van der Waals surface area contributed by atoms with Gasteiger partial charge in [-0.3, -0.25) is 4.79 Å². The summed E-state index contributed by atoms with van der Waals surface area (Å²) < 4.78 is 11.7. The third-order valence-corrected chi connectivity index (χ3v) is 4.35. The molecule has 0 aromatic heterocycles. The molecule has 0 saturated heterocycles. The average Bonchev–Trinajstić information content (AvgIpc) is 2.66. The average molecular weight is 392 g/mol. The molecule has 2 unspecified atom stereocenters. The van der Waals surface area contributed by atoms with Crippen LogP contribution in [0.25, 0.3) is 0 Å². The normalized spacial score (nSPS) is 12.7. The number of hydrogen-bond acceptors (Lipinski definition) is 3. The number of hydrogen-bond donors (Lipinski definition) is 1. The molecule has 2 N–H and O–H groups in total. The lowest BCUT2D eigenvalue weighted by Crippen LogP contribution is -3.00. The molecule has 148 valence electrons. The van der Waals surface area contributed by atoms with Gasteiger partial charge in [0.1, 0.15) is 17.9 Å². The Kier molecular flexibility index (Phi) is 10.7. The minimum absolute atomic E-state index is 0. The zero-order chi connectivity index (χ0) is 18.8. The second-order valence-electron chi connectivity index (χ2n) is 6.46. The van der Waals surface area contributed by atoms with Gasteiger partial charge >= 0.3 is 0 Å². The number of rotatable bonds is 11. The van der Waals surface area contributed by atoms with Crippen LogP contribution in [0.2, 0.25) is 0 Å². The summed E-state index contributed by atoms with van der Waals surface area (Å²) in [4.78, 5) is 11.4. The summed E-state index contributed by atoms with van der Waals surface area (Å²) >= 11 is 0. The highest BCUT2D eigenvalue weighted by atomic mass is 35.5. The van der Waals surface area contributed by atoms with Crippen LogP contribution in [0.4, 0.5) is 0 Å². The molecule has 2 rings (SSSR count). The van der Waals surface area contributed by atoms with Crippen molar-refractivity contribution >= 4 is 5.78 Å². The first-order valence-electron chi connectivity index (χ1n) is 9.35. The third kappa shape index (κ3) is 7.71. The lowest BCUT2D eigenvalue weighted by atomic mass is 10.0. The van der Waals surface area contributed by atoms with Crippen LogP contribution in [0.5, 0.6) is 5.75 Å². The molecule has 5 heteroatoms. The van der Waals surface area contributed by atoms with E-state index in [9.17, 15) is 4.79 Å². The van der Waals surface area contributed by atoms with Crippen molar-refractivity contribution < 1.29 is 32.0 Å². The van der Waals surface area contributed by atoms with Gasteiger partial charge < -0.3 is 27.2 Å². The maximum absolute atomic E-state index is 11.4. The summed E-state index contributed by atoms with van der Waals surface area (Å²) in [5, 5.41) is 2.31. The Morgan fingerprint density at radius 3 is 2.52 bits per heavy atom. The molecule has 4 nitrogen and oxygen atoms in total. The second-order valence-corrected chi connectivity index (χ2v) is 6.46. The van der Waals surface area contributed by atoms with Crippen LogP contribution < -0.4 is 22.5 Å². The second kappa shape index (κ2) is 12.5. The number of ether oxygens (including phenoxy) is 2. The van der Waals surface area contributed by atoms with Crippen molar-refractivity contribution in [3.63, 3.8) is 0 Å². The molecule has 0 radical (unpaired) electrons. The maximum Gasteiger partial charge on any atom is 0.159 e. The van der Waals surface area contributed by atoms with Gasteiger partial charge in [-0.05, 0) is 38.5 Å². The van der Waals surface area contributed by atoms with Crippen molar-refractivity contribution in [3.05, 3.63) is 65.7 Å². The van der Waals surface area contributed by atoms with E-state index in [1.165, 1.54) is 5.56 Å². The van der Waals surface area contributed by atoms with Crippen LogP contribution in [-0.2, 0) is 4.74 Å². The van der Waals surface area contributed by atoms with E-state index in [1.54, 1.807) is 13.0 Å². The molecule has 0 fully saturated rings. The number of ketones is 1. The van der Waals surface area contributed by atoms with Crippen molar-refractivity contribution in [2.24, 2.45) is 0 Å². The van der Waals surface area contributed by atoms with Gasteiger partial charge in [0.25, 0.3) is 0 Å². The topological polar surface area (TPSA) is 52.1 Å². The highest BCUT2D eigenvalue weighted by molar-refractivity contribution is 5.94. The van der Waals surface area contributed by atoms with Gasteiger partial charge in [0, 0.05) is 18.6 Å². The Bertz CT molecular complexity index is 678. The summed E-state index contributed by atoms with van der Waals surface area (Å²) in [5.41, 5.74) is 1.90. The fourth-order valence-electron chi connectivity index (χ4n) is 2.96. The number of nitrogens with two attached hydrogens (primary N) is 1. The SMILES string of the molecule is CCOC(c1ccccc1)C(C)[NH2+]CCCOc1cccc(C(C)=O)c1.[Cl-]. The highest BCUT2D eigenvalue weighted by Crippen LogP contribution is 2.19. The zero-order valence-corrected chi connectivity index (χ0v) is 17.1. The largest absolute Gasteiger partial charge is 1.00 e. The van der Waals surface area contributed by atoms with E-state index in [4.69, 9.17) is 9.47 Å². The summed E-state index contributed by atoms with van der Waals surface area (Å²) in [7, 11) is 0. The van der Waals surface area contributed by atoms with Crippen molar-refractivity contribution in [3.8, 4) is 5.75 Å². The van der Waals surface area contributed by atoms with Gasteiger partial charge in [-0.2, -0.15) is 0 Å². The number of benzene rings is 2. The number of carbonyl (C=O) groups excluding carboxylic acids is 1. The molecular weight excluding hydrogens is 362 g/mol. The lowest BCUT2D eigenvalue weighted by molar-refractivity contribution is -0.695. The minimum atomic E-state index is 0. The molecule has 0 aliphatic carbocycles. The minimum Gasteiger partial charge on any atom is -1.00 e. The first-order valence-corrected chi connectivity index (χ1v) is 9.35. The van der Waals surface area contributed by atoms with Crippen molar-refractivity contribution in [1.82, 2.24) is 0 Å². The van der Waals surface area contributed by atoms with Crippen LogP contribution >= 0.6 is 0 Å². The molecular formula is C22H30ClNO3. The summed E-state index contributed by atoms with van der Waals surface area (Å²) in [6.07, 6.45) is 1.02. The number of quaternary nitrogens is 1.